The highest BCUT2D eigenvalue weighted by atomic mass is 19.1. The summed E-state index contributed by atoms with van der Waals surface area (Å²) in [5, 5.41) is 10.7. The zero-order chi connectivity index (χ0) is 21.4. The Hall–Kier alpha value is -3.68. The van der Waals surface area contributed by atoms with Crippen molar-refractivity contribution in [1.29, 1.82) is 0 Å². The first-order valence-electron chi connectivity index (χ1n) is 10.3. The van der Waals surface area contributed by atoms with Crippen LogP contribution < -0.4 is 10.1 Å². The van der Waals surface area contributed by atoms with E-state index in [1.54, 1.807) is 24.3 Å². The van der Waals surface area contributed by atoms with Gasteiger partial charge in [-0.1, -0.05) is 6.07 Å². The first-order chi connectivity index (χ1) is 15.1. The number of alkyl halides is 1. The third-order valence-electron chi connectivity index (χ3n) is 5.45. The van der Waals surface area contributed by atoms with E-state index >= 15 is 0 Å². The van der Waals surface area contributed by atoms with Crippen LogP contribution in [0.3, 0.4) is 0 Å². The fourth-order valence-corrected chi connectivity index (χ4v) is 3.99. The average molecular weight is 419 g/mol. The van der Waals surface area contributed by atoms with Gasteiger partial charge < -0.3 is 14.6 Å². The first kappa shape index (κ1) is 19.3. The van der Waals surface area contributed by atoms with E-state index in [0.717, 1.165) is 47.4 Å². The van der Waals surface area contributed by atoms with Crippen molar-refractivity contribution >= 4 is 22.5 Å². The Morgan fingerprint density at radius 3 is 2.87 bits per heavy atom. The number of carbonyl (C=O) groups excluding carboxylic acids is 1. The number of hydrogen-bond acceptors (Lipinski definition) is 4. The summed E-state index contributed by atoms with van der Waals surface area (Å²) in [6, 6.07) is 12.5. The molecule has 1 aliphatic rings. The summed E-state index contributed by atoms with van der Waals surface area (Å²) in [6.07, 6.45) is 3.82. The molecule has 0 spiro atoms. The molecular formula is C23H22FN5O2. The quantitative estimate of drug-likeness (QED) is 0.491. The Balaban J connectivity index is 1.42. The number of anilines is 1. The topological polar surface area (TPSA) is 84.8 Å². The molecule has 0 bridgehead atoms. The molecule has 7 nitrogen and oxygen atoms in total. The van der Waals surface area contributed by atoms with E-state index in [4.69, 9.17) is 4.74 Å². The summed E-state index contributed by atoms with van der Waals surface area (Å²) in [5.74, 6) is 1.18. The van der Waals surface area contributed by atoms with Gasteiger partial charge in [0.15, 0.2) is 5.69 Å². The van der Waals surface area contributed by atoms with Crippen LogP contribution in [0.2, 0.25) is 0 Å². The SMILES string of the molecule is CC(F)Oc1ccc(NC(=O)c2n[nH]c3ccc(-c4cnc5n4CCCC5)cc23)cc1. The maximum absolute atomic E-state index is 13.0. The van der Waals surface area contributed by atoms with E-state index in [2.05, 4.69) is 25.1 Å². The van der Waals surface area contributed by atoms with Crippen LogP contribution >= 0.6 is 0 Å². The highest BCUT2D eigenvalue weighted by Gasteiger charge is 2.18. The van der Waals surface area contributed by atoms with Gasteiger partial charge in [0.2, 0.25) is 6.36 Å². The van der Waals surface area contributed by atoms with Crippen molar-refractivity contribution < 1.29 is 13.9 Å². The molecular weight excluding hydrogens is 397 g/mol. The van der Waals surface area contributed by atoms with Crippen LogP contribution in [0.4, 0.5) is 10.1 Å². The number of aromatic nitrogens is 4. The lowest BCUT2D eigenvalue weighted by Crippen LogP contribution is -2.13. The van der Waals surface area contributed by atoms with E-state index in [0.29, 0.717) is 17.1 Å². The van der Waals surface area contributed by atoms with Crippen molar-refractivity contribution in [2.24, 2.45) is 0 Å². The van der Waals surface area contributed by atoms with E-state index in [9.17, 15) is 9.18 Å². The van der Waals surface area contributed by atoms with Crippen molar-refractivity contribution in [3.63, 3.8) is 0 Å². The van der Waals surface area contributed by atoms with E-state index in [1.165, 1.54) is 13.3 Å². The largest absolute Gasteiger partial charge is 0.461 e. The zero-order valence-electron chi connectivity index (χ0n) is 17.1. The van der Waals surface area contributed by atoms with Gasteiger partial charge in [0.25, 0.3) is 5.91 Å². The molecule has 0 saturated heterocycles. The molecule has 4 aromatic rings. The van der Waals surface area contributed by atoms with Crippen LogP contribution in [-0.4, -0.2) is 32.0 Å². The number of ether oxygens (including phenoxy) is 1. The van der Waals surface area contributed by atoms with Crippen LogP contribution in [0.15, 0.2) is 48.7 Å². The third-order valence-corrected chi connectivity index (χ3v) is 5.45. The number of rotatable bonds is 5. The van der Waals surface area contributed by atoms with Gasteiger partial charge in [-0.25, -0.2) is 9.37 Å². The monoisotopic (exact) mass is 419 g/mol. The van der Waals surface area contributed by atoms with Gasteiger partial charge in [-0.05, 0) is 49.2 Å². The predicted octanol–water partition coefficient (Wildman–Crippen LogP) is 4.71. The number of carbonyl (C=O) groups is 1. The van der Waals surface area contributed by atoms with E-state index < -0.39 is 6.36 Å². The van der Waals surface area contributed by atoms with Crippen molar-refractivity contribution in [2.45, 2.75) is 39.1 Å². The summed E-state index contributed by atoms with van der Waals surface area (Å²) in [4.78, 5) is 17.4. The number of nitrogens with one attached hydrogen (secondary N) is 2. The number of halogens is 1. The van der Waals surface area contributed by atoms with Crippen LogP contribution in [0.5, 0.6) is 5.75 Å². The van der Waals surface area contributed by atoms with Gasteiger partial charge in [-0.15, -0.1) is 0 Å². The molecule has 8 heteroatoms. The normalized spacial score (nSPS) is 14.3. The number of benzene rings is 2. The summed E-state index contributed by atoms with van der Waals surface area (Å²) in [6.45, 7) is 2.27. The number of H-pyrrole nitrogens is 1. The fraction of sp³-hybridized carbons (Fsp3) is 0.261. The predicted molar refractivity (Wildman–Crippen MR) is 116 cm³/mol. The maximum Gasteiger partial charge on any atom is 0.276 e. The van der Waals surface area contributed by atoms with Gasteiger partial charge in [-0.2, -0.15) is 5.10 Å². The molecule has 1 unspecified atom stereocenters. The van der Waals surface area contributed by atoms with Crippen LogP contribution in [-0.2, 0) is 13.0 Å². The molecule has 2 aromatic heterocycles. The Bertz CT molecular complexity index is 1240. The molecule has 1 amide bonds. The Labute approximate surface area is 178 Å². The fourth-order valence-electron chi connectivity index (χ4n) is 3.99. The Morgan fingerprint density at radius 2 is 2.06 bits per heavy atom. The highest BCUT2D eigenvalue weighted by Crippen LogP contribution is 2.29. The third kappa shape index (κ3) is 3.76. The average Bonchev–Trinajstić information content (AvgIpc) is 3.38. The summed E-state index contributed by atoms with van der Waals surface area (Å²) in [7, 11) is 0. The number of aromatic amines is 1. The highest BCUT2D eigenvalue weighted by molar-refractivity contribution is 6.11. The molecule has 1 aliphatic heterocycles. The minimum atomic E-state index is -1.40. The lowest BCUT2D eigenvalue weighted by Gasteiger charge is -2.16. The number of hydrogen-bond donors (Lipinski definition) is 2. The molecule has 2 aromatic carbocycles. The van der Waals surface area contributed by atoms with Gasteiger partial charge >= 0.3 is 0 Å². The molecule has 1 atom stereocenters. The second-order valence-corrected chi connectivity index (χ2v) is 7.64. The molecule has 0 saturated carbocycles. The van der Waals surface area contributed by atoms with Crippen molar-refractivity contribution in [2.75, 3.05) is 5.32 Å². The van der Waals surface area contributed by atoms with Crippen molar-refractivity contribution in [1.82, 2.24) is 19.7 Å². The van der Waals surface area contributed by atoms with Crippen molar-refractivity contribution in [3.8, 4) is 17.0 Å². The van der Waals surface area contributed by atoms with Gasteiger partial charge in [0.1, 0.15) is 11.6 Å². The maximum atomic E-state index is 13.0. The summed E-state index contributed by atoms with van der Waals surface area (Å²) in [5.41, 5.74) is 3.73. The molecule has 2 N–H and O–H groups in total. The lowest BCUT2D eigenvalue weighted by atomic mass is 10.1. The smallest absolute Gasteiger partial charge is 0.276 e. The molecule has 0 radical (unpaired) electrons. The number of nitrogens with zero attached hydrogens (tertiary/aromatic N) is 3. The van der Waals surface area contributed by atoms with Crippen LogP contribution in [0.1, 0.15) is 36.1 Å². The molecule has 31 heavy (non-hydrogen) atoms. The number of aryl methyl sites for hydroxylation is 1. The van der Waals surface area contributed by atoms with Crippen molar-refractivity contribution in [3.05, 3.63) is 60.2 Å². The lowest BCUT2D eigenvalue weighted by molar-refractivity contribution is 0.0860. The zero-order valence-corrected chi connectivity index (χ0v) is 17.1. The second kappa shape index (κ2) is 7.86. The number of fused-ring (bicyclic) bond motifs is 2. The molecule has 0 aliphatic carbocycles. The standard InChI is InChI=1S/C23H22FN5O2/c1-14(24)31-17-8-6-16(7-9-17)26-23(30)22-18-12-15(5-10-19(18)27-28-22)20-13-25-21-4-2-3-11-29(20)21/h5-10,12-14H,2-4,11H2,1H3,(H,26,30)(H,27,28). The van der Waals surface area contributed by atoms with E-state index in [1.807, 2.05) is 24.4 Å². The van der Waals surface area contributed by atoms with Crippen LogP contribution in [0, 0.1) is 0 Å². The molecule has 5 rings (SSSR count). The molecule has 3 heterocycles. The summed E-state index contributed by atoms with van der Waals surface area (Å²) < 4.78 is 20.2. The minimum Gasteiger partial charge on any atom is -0.461 e. The Kier molecular flexibility index (Phi) is 4.89. The first-order valence-corrected chi connectivity index (χ1v) is 10.3. The number of amides is 1. The van der Waals surface area contributed by atoms with Gasteiger partial charge in [0.05, 0.1) is 17.4 Å². The van der Waals surface area contributed by atoms with Gasteiger partial charge in [-0.3, -0.25) is 9.89 Å². The summed E-state index contributed by atoms with van der Waals surface area (Å²) >= 11 is 0. The van der Waals surface area contributed by atoms with Crippen LogP contribution in [0.25, 0.3) is 22.2 Å². The molecule has 158 valence electrons. The minimum absolute atomic E-state index is 0.313. The Morgan fingerprint density at radius 1 is 1.23 bits per heavy atom. The van der Waals surface area contributed by atoms with E-state index in [-0.39, 0.29) is 5.91 Å². The number of imidazole rings is 1. The molecule has 0 fully saturated rings. The van der Waals surface area contributed by atoms with Gasteiger partial charge in [0, 0.05) is 36.5 Å². The second-order valence-electron chi connectivity index (χ2n) is 7.64.